The minimum Gasteiger partial charge on any atom is -0.469 e. The predicted molar refractivity (Wildman–Crippen MR) is 83.8 cm³/mol. The SMILES string of the molecule is CS(=O)(=O)c1ccc2nc(NC(=O)Cc3ccco3)sc2c1. The van der Waals surface area contributed by atoms with Gasteiger partial charge in [0.15, 0.2) is 15.0 Å². The minimum atomic E-state index is -3.26. The van der Waals surface area contributed by atoms with Crippen LogP contribution in [-0.2, 0) is 21.1 Å². The summed E-state index contributed by atoms with van der Waals surface area (Å²) in [5, 5.41) is 3.11. The van der Waals surface area contributed by atoms with E-state index in [1.165, 1.54) is 23.7 Å². The molecule has 1 amide bonds. The molecule has 114 valence electrons. The summed E-state index contributed by atoms with van der Waals surface area (Å²) in [5.41, 5.74) is 0.644. The maximum absolute atomic E-state index is 11.9. The number of sulfone groups is 1. The molecule has 2 heterocycles. The van der Waals surface area contributed by atoms with E-state index in [4.69, 9.17) is 4.42 Å². The summed E-state index contributed by atoms with van der Waals surface area (Å²) in [6.45, 7) is 0. The molecule has 0 aliphatic rings. The van der Waals surface area contributed by atoms with Crippen molar-refractivity contribution < 1.29 is 17.6 Å². The van der Waals surface area contributed by atoms with Crippen LogP contribution in [0.4, 0.5) is 5.13 Å². The van der Waals surface area contributed by atoms with Crippen LogP contribution in [0, 0.1) is 0 Å². The van der Waals surface area contributed by atoms with Gasteiger partial charge in [0.25, 0.3) is 0 Å². The fourth-order valence-electron chi connectivity index (χ4n) is 1.92. The van der Waals surface area contributed by atoms with E-state index in [0.29, 0.717) is 21.1 Å². The van der Waals surface area contributed by atoms with Gasteiger partial charge in [0.05, 0.1) is 27.8 Å². The lowest BCUT2D eigenvalue weighted by Gasteiger charge is -1.98. The number of thiazole rings is 1. The van der Waals surface area contributed by atoms with Crippen molar-refractivity contribution in [1.29, 1.82) is 0 Å². The van der Waals surface area contributed by atoms with E-state index in [1.807, 2.05) is 0 Å². The molecular weight excluding hydrogens is 324 g/mol. The fourth-order valence-corrected chi connectivity index (χ4v) is 3.57. The lowest BCUT2D eigenvalue weighted by Crippen LogP contribution is -2.13. The first-order valence-corrected chi connectivity index (χ1v) is 9.05. The predicted octanol–water partition coefficient (Wildman–Crippen LogP) is 2.47. The van der Waals surface area contributed by atoms with E-state index < -0.39 is 9.84 Å². The van der Waals surface area contributed by atoms with Crippen molar-refractivity contribution in [3.05, 3.63) is 42.4 Å². The van der Waals surface area contributed by atoms with Gasteiger partial charge in [0.1, 0.15) is 5.76 Å². The van der Waals surface area contributed by atoms with Gasteiger partial charge >= 0.3 is 0 Å². The number of fused-ring (bicyclic) bond motifs is 1. The molecule has 2 aromatic heterocycles. The van der Waals surface area contributed by atoms with Crippen molar-refractivity contribution in [3.8, 4) is 0 Å². The van der Waals surface area contributed by atoms with Crippen LogP contribution in [0.1, 0.15) is 5.76 Å². The van der Waals surface area contributed by atoms with Gasteiger partial charge < -0.3 is 9.73 Å². The molecule has 3 aromatic rings. The smallest absolute Gasteiger partial charge is 0.233 e. The average Bonchev–Trinajstić information content (AvgIpc) is 3.04. The van der Waals surface area contributed by atoms with Gasteiger partial charge in [-0.15, -0.1) is 0 Å². The zero-order valence-corrected chi connectivity index (χ0v) is 13.2. The lowest BCUT2D eigenvalue weighted by atomic mass is 10.3. The topological polar surface area (TPSA) is 89.3 Å². The highest BCUT2D eigenvalue weighted by Crippen LogP contribution is 2.28. The van der Waals surface area contributed by atoms with Crippen molar-refractivity contribution in [2.75, 3.05) is 11.6 Å². The largest absolute Gasteiger partial charge is 0.469 e. The second-order valence-corrected chi connectivity index (χ2v) is 7.77. The van der Waals surface area contributed by atoms with E-state index in [2.05, 4.69) is 10.3 Å². The molecule has 1 aromatic carbocycles. The first kappa shape index (κ1) is 14.7. The highest BCUT2D eigenvalue weighted by atomic mass is 32.2. The van der Waals surface area contributed by atoms with E-state index in [9.17, 15) is 13.2 Å². The number of anilines is 1. The van der Waals surface area contributed by atoms with Gasteiger partial charge in [-0.2, -0.15) is 0 Å². The van der Waals surface area contributed by atoms with Gasteiger partial charge in [-0.3, -0.25) is 4.79 Å². The van der Waals surface area contributed by atoms with Gasteiger partial charge in [-0.1, -0.05) is 11.3 Å². The second-order valence-electron chi connectivity index (χ2n) is 4.73. The first-order valence-electron chi connectivity index (χ1n) is 6.35. The Balaban J connectivity index is 1.81. The number of furan rings is 1. The van der Waals surface area contributed by atoms with Crippen LogP contribution < -0.4 is 5.32 Å². The summed E-state index contributed by atoms with van der Waals surface area (Å²) in [6.07, 6.45) is 2.78. The summed E-state index contributed by atoms with van der Waals surface area (Å²) in [5.74, 6) is 0.329. The Bertz CT molecular complexity index is 927. The molecule has 0 saturated heterocycles. The highest BCUT2D eigenvalue weighted by molar-refractivity contribution is 7.90. The van der Waals surface area contributed by atoms with Gasteiger partial charge in [-0.05, 0) is 30.3 Å². The van der Waals surface area contributed by atoms with Gasteiger partial charge in [0.2, 0.25) is 5.91 Å². The van der Waals surface area contributed by atoms with Crippen LogP contribution in [-0.4, -0.2) is 25.6 Å². The molecule has 6 nitrogen and oxygen atoms in total. The Hall–Kier alpha value is -2.19. The standard InChI is InChI=1S/C14H12N2O4S2/c1-22(18,19)10-4-5-11-12(8-10)21-14(15-11)16-13(17)7-9-3-2-6-20-9/h2-6,8H,7H2,1H3,(H,15,16,17). The average molecular weight is 336 g/mol. The van der Waals surface area contributed by atoms with Crippen LogP contribution in [0.5, 0.6) is 0 Å². The number of nitrogens with one attached hydrogen (secondary N) is 1. The number of hydrogen-bond donors (Lipinski definition) is 1. The summed E-state index contributed by atoms with van der Waals surface area (Å²) < 4.78 is 28.9. The molecule has 0 radical (unpaired) electrons. The first-order chi connectivity index (χ1) is 10.4. The summed E-state index contributed by atoms with van der Waals surface area (Å²) >= 11 is 1.23. The second kappa shape index (κ2) is 5.54. The molecule has 22 heavy (non-hydrogen) atoms. The monoisotopic (exact) mass is 336 g/mol. The van der Waals surface area contributed by atoms with Gasteiger partial charge in [-0.25, -0.2) is 13.4 Å². The third kappa shape index (κ3) is 3.18. The number of aromatic nitrogens is 1. The molecule has 0 spiro atoms. The molecule has 0 bridgehead atoms. The third-order valence-electron chi connectivity index (χ3n) is 2.95. The molecule has 0 aliphatic carbocycles. The number of hydrogen-bond acceptors (Lipinski definition) is 6. The Morgan fingerprint density at radius 2 is 2.18 bits per heavy atom. The Morgan fingerprint density at radius 3 is 2.86 bits per heavy atom. The van der Waals surface area contributed by atoms with Crippen LogP contribution in [0.2, 0.25) is 0 Å². The molecule has 1 N–H and O–H groups in total. The van der Waals surface area contributed by atoms with Crippen molar-refractivity contribution in [2.24, 2.45) is 0 Å². The van der Waals surface area contributed by atoms with E-state index in [0.717, 1.165) is 6.26 Å². The minimum absolute atomic E-state index is 0.123. The summed E-state index contributed by atoms with van der Waals surface area (Å²) in [4.78, 5) is 16.4. The normalized spacial score (nSPS) is 11.7. The molecule has 3 rings (SSSR count). The molecule has 0 aliphatic heterocycles. The van der Waals surface area contributed by atoms with E-state index >= 15 is 0 Å². The van der Waals surface area contributed by atoms with Crippen LogP contribution >= 0.6 is 11.3 Å². The van der Waals surface area contributed by atoms with E-state index in [-0.39, 0.29) is 17.2 Å². The molecular formula is C14H12N2O4S2. The van der Waals surface area contributed by atoms with Crippen molar-refractivity contribution in [3.63, 3.8) is 0 Å². The Labute approximate surface area is 130 Å². The van der Waals surface area contributed by atoms with Crippen molar-refractivity contribution in [2.45, 2.75) is 11.3 Å². The lowest BCUT2D eigenvalue weighted by molar-refractivity contribution is -0.115. The molecule has 0 atom stereocenters. The number of benzene rings is 1. The Kier molecular flexibility index (Phi) is 3.71. The van der Waals surface area contributed by atoms with Crippen molar-refractivity contribution in [1.82, 2.24) is 4.98 Å². The molecule has 8 heteroatoms. The summed E-state index contributed by atoms with van der Waals surface area (Å²) in [6, 6.07) is 8.13. The molecule has 0 fully saturated rings. The quantitative estimate of drug-likeness (QED) is 0.790. The number of nitrogens with zero attached hydrogens (tertiary/aromatic N) is 1. The van der Waals surface area contributed by atoms with Crippen LogP contribution in [0.3, 0.4) is 0 Å². The highest BCUT2D eigenvalue weighted by Gasteiger charge is 2.13. The van der Waals surface area contributed by atoms with Gasteiger partial charge in [0, 0.05) is 6.26 Å². The van der Waals surface area contributed by atoms with E-state index in [1.54, 1.807) is 24.3 Å². The summed E-state index contributed by atoms with van der Waals surface area (Å²) in [7, 11) is -3.26. The maximum atomic E-state index is 11.9. The molecule has 0 saturated carbocycles. The van der Waals surface area contributed by atoms with Crippen LogP contribution in [0.15, 0.2) is 45.9 Å². The maximum Gasteiger partial charge on any atom is 0.233 e. The zero-order chi connectivity index (χ0) is 15.7. The number of carbonyl (C=O) groups is 1. The van der Waals surface area contributed by atoms with Crippen LogP contribution in [0.25, 0.3) is 10.2 Å². The fraction of sp³-hybridized carbons (Fsp3) is 0.143. The van der Waals surface area contributed by atoms with Crippen molar-refractivity contribution >= 4 is 42.4 Å². The molecule has 0 unspecified atom stereocenters. The number of carbonyl (C=O) groups excluding carboxylic acids is 1. The number of amides is 1. The zero-order valence-electron chi connectivity index (χ0n) is 11.6. The third-order valence-corrected chi connectivity index (χ3v) is 4.99. The number of rotatable bonds is 4. The Morgan fingerprint density at radius 1 is 1.36 bits per heavy atom.